The number of carbonyl (C=O) groups is 1. The number of fused-ring (bicyclic) bond motifs is 1. The highest BCUT2D eigenvalue weighted by Crippen LogP contribution is 2.26. The second kappa shape index (κ2) is 3.65. The summed E-state index contributed by atoms with van der Waals surface area (Å²) < 4.78 is 14.8. The van der Waals surface area contributed by atoms with Gasteiger partial charge in [0, 0.05) is 10.8 Å². The number of hydrogen-bond acceptors (Lipinski definition) is 4. The van der Waals surface area contributed by atoms with Crippen molar-refractivity contribution in [1.29, 1.82) is 0 Å². The van der Waals surface area contributed by atoms with Gasteiger partial charge in [-0.1, -0.05) is 0 Å². The lowest BCUT2D eigenvalue weighted by atomic mass is 10.2. The van der Waals surface area contributed by atoms with Crippen LogP contribution in [-0.4, -0.2) is 20.2 Å². The number of rotatable bonds is 2. The maximum Gasteiger partial charge on any atom is 0.374 e. The molecule has 1 heterocycles. The van der Waals surface area contributed by atoms with E-state index < -0.39 is 5.97 Å². The molecule has 0 amide bonds. The molecule has 0 N–H and O–H groups in total. The fourth-order valence-corrected chi connectivity index (χ4v) is 1.40. The molecule has 0 atom stereocenters. The summed E-state index contributed by atoms with van der Waals surface area (Å²) in [6.07, 6.45) is 1.51. The van der Waals surface area contributed by atoms with Crippen molar-refractivity contribution in [3.8, 4) is 5.75 Å². The quantitative estimate of drug-likeness (QED) is 0.707. The molecule has 0 saturated heterocycles. The Kier molecular flexibility index (Phi) is 2.33. The molecule has 1 aromatic carbocycles. The summed E-state index contributed by atoms with van der Waals surface area (Å²) in [6.45, 7) is 0. The lowest BCUT2D eigenvalue weighted by Crippen LogP contribution is -1.99. The molecule has 0 radical (unpaired) electrons. The molecule has 0 bridgehead atoms. The van der Waals surface area contributed by atoms with Crippen molar-refractivity contribution in [1.82, 2.24) is 0 Å². The maximum absolute atomic E-state index is 11.3. The van der Waals surface area contributed by atoms with Crippen LogP contribution in [0.15, 0.2) is 28.9 Å². The first-order chi connectivity index (χ1) is 7.26. The minimum absolute atomic E-state index is 0.200. The van der Waals surface area contributed by atoms with E-state index in [9.17, 15) is 4.79 Å². The lowest BCUT2D eigenvalue weighted by Gasteiger charge is -1.99. The number of hydrogen-bond donors (Lipinski definition) is 0. The first kappa shape index (κ1) is 9.58. The predicted octanol–water partition coefficient (Wildman–Crippen LogP) is 2.23. The van der Waals surface area contributed by atoms with Gasteiger partial charge >= 0.3 is 5.97 Å². The first-order valence-corrected chi connectivity index (χ1v) is 4.40. The smallest absolute Gasteiger partial charge is 0.374 e. The standard InChI is InChI=1S/C11H10O4/c1-13-8-4-3-7-6-15-10(9(7)5-8)11(12)14-2/h3-6H,1-2H3. The molecule has 4 nitrogen and oxygen atoms in total. The summed E-state index contributed by atoms with van der Waals surface area (Å²) in [4.78, 5) is 11.3. The summed E-state index contributed by atoms with van der Waals surface area (Å²) in [7, 11) is 2.88. The third-order valence-electron chi connectivity index (χ3n) is 2.18. The number of carbonyl (C=O) groups excluding carboxylic acids is 1. The van der Waals surface area contributed by atoms with Crippen molar-refractivity contribution in [3.63, 3.8) is 0 Å². The van der Waals surface area contributed by atoms with E-state index in [4.69, 9.17) is 9.15 Å². The van der Waals surface area contributed by atoms with Crippen LogP contribution in [-0.2, 0) is 4.74 Å². The lowest BCUT2D eigenvalue weighted by molar-refractivity contribution is 0.0568. The van der Waals surface area contributed by atoms with Gasteiger partial charge in [0.15, 0.2) is 0 Å². The van der Waals surface area contributed by atoms with E-state index in [-0.39, 0.29) is 5.76 Å². The summed E-state index contributed by atoms with van der Waals surface area (Å²) in [5.74, 6) is 0.388. The molecule has 1 aromatic heterocycles. The summed E-state index contributed by atoms with van der Waals surface area (Å²) in [5, 5.41) is 1.54. The second-order valence-electron chi connectivity index (χ2n) is 3.01. The van der Waals surface area contributed by atoms with Crippen molar-refractivity contribution < 1.29 is 18.7 Å². The molecule has 0 fully saturated rings. The number of methoxy groups -OCH3 is 2. The number of benzene rings is 1. The van der Waals surface area contributed by atoms with Crippen molar-refractivity contribution >= 4 is 16.7 Å². The first-order valence-electron chi connectivity index (χ1n) is 4.40. The molecular weight excluding hydrogens is 196 g/mol. The Balaban J connectivity index is 2.61. The van der Waals surface area contributed by atoms with Crippen LogP contribution in [0, 0.1) is 0 Å². The number of ether oxygens (including phenoxy) is 2. The Morgan fingerprint density at radius 1 is 1.33 bits per heavy atom. The van der Waals surface area contributed by atoms with Crippen molar-refractivity contribution in [2.45, 2.75) is 0 Å². The highest BCUT2D eigenvalue weighted by Gasteiger charge is 2.15. The Bertz CT molecular complexity index is 498. The zero-order chi connectivity index (χ0) is 10.8. The molecule has 78 valence electrons. The van der Waals surface area contributed by atoms with E-state index in [2.05, 4.69) is 4.74 Å². The SMILES string of the molecule is COC(=O)c1occ2ccc(OC)cc12. The fourth-order valence-electron chi connectivity index (χ4n) is 1.40. The molecule has 0 spiro atoms. The van der Waals surface area contributed by atoms with Crippen LogP contribution >= 0.6 is 0 Å². The van der Waals surface area contributed by atoms with Crippen LogP contribution in [0.3, 0.4) is 0 Å². The van der Waals surface area contributed by atoms with Gasteiger partial charge in [0.05, 0.1) is 20.5 Å². The normalized spacial score (nSPS) is 10.3. The van der Waals surface area contributed by atoms with Gasteiger partial charge in [0.25, 0.3) is 0 Å². The molecule has 2 aromatic rings. The van der Waals surface area contributed by atoms with E-state index in [0.29, 0.717) is 11.1 Å². The minimum atomic E-state index is -0.488. The van der Waals surface area contributed by atoms with Crippen molar-refractivity contribution in [3.05, 3.63) is 30.2 Å². The zero-order valence-electron chi connectivity index (χ0n) is 8.44. The van der Waals surface area contributed by atoms with Crippen LogP contribution in [0.1, 0.15) is 10.6 Å². The van der Waals surface area contributed by atoms with E-state index in [0.717, 1.165) is 5.39 Å². The third kappa shape index (κ3) is 1.54. The van der Waals surface area contributed by atoms with Gasteiger partial charge in [0.1, 0.15) is 5.75 Å². The van der Waals surface area contributed by atoms with E-state index in [1.54, 1.807) is 19.2 Å². The maximum atomic E-state index is 11.3. The van der Waals surface area contributed by atoms with E-state index in [1.807, 2.05) is 6.07 Å². The average Bonchev–Trinajstić information content (AvgIpc) is 2.70. The number of furan rings is 1. The summed E-state index contributed by atoms with van der Waals surface area (Å²) >= 11 is 0. The Morgan fingerprint density at radius 3 is 2.80 bits per heavy atom. The number of esters is 1. The molecular formula is C11H10O4. The Morgan fingerprint density at radius 2 is 2.13 bits per heavy atom. The Labute approximate surface area is 86.4 Å². The molecule has 0 aliphatic rings. The van der Waals surface area contributed by atoms with E-state index >= 15 is 0 Å². The average molecular weight is 206 g/mol. The molecule has 0 unspecified atom stereocenters. The van der Waals surface area contributed by atoms with Crippen LogP contribution in [0.25, 0.3) is 10.8 Å². The third-order valence-corrected chi connectivity index (χ3v) is 2.18. The van der Waals surface area contributed by atoms with Crippen LogP contribution in [0.4, 0.5) is 0 Å². The minimum Gasteiger partial charge on any atom is -0.497 e. The highest BCUT2D eigenvalue weighted by molar-refractivity contribution is 6.02. The van der Waals surface area contributed by atoms with E-state index in [1.165, 1.54) is 13.4 Å². The molecule has 2 rings (SSSR count). The predicted molar refractivity (Wildman–Crippen MR) is 54.1 cm³/mol. The van der Waals surface area contributed by atoms with Gasteiger partial charge in [-0.3, -0.25) is 0 Å². The molecule has 15 heavy (non-hydrogen) atoms. The van der Waals surface area contributed by atoms with Gasteiger partial charge in [-0.25, -0.2) is 4.79 Å². The van der Waals surface area contributed by atoms with Crippen LogP contribution in [0.2, 0.25) is 0 Å². The monoisotopic (exact) mass is 206 g/mol. The summed E-state index contributed by atoms with van der Waals surface area (Å²) in [6, 6.07) is 5.37. The van der Waals surface area contributed by atoms with Gasteiger partial charge in [0.2, 0.25) is 5.76 Å². The van der Waals surface area contributed by atoms with Gasteiger partial charge in [-0.2, -0.15) is 0 Å². The highest BCUT2D eigenvalue weighted by atomic mass is 16.5. The fraction of sp³-hybridized carbons (Fsp3) is 0.182. The molecule has 0 aliphatic carbocycles. The van der Waals surface area contributed by atoms with Crippen molar-refractivity contribution in [2.24, 2.45) is 0 Å². The van der Waals surface area contributed by atoms with Crippen molar-refractivity contribution in [2.75, 3.05) is 14.2 Å². The molecule has 4 heteroatoms. The Hall–Kier alpha value is -1.97. The van der Waals surface area contributed by atoms with Crippen LogP contribution in [0.5, 0.6) is 5.75 Å². The molecule has 0 saturated carbocycles. The second-order valence-corrected chi connectivity index (χ2v) is 3.01. The topological polar surface area (TPSA) is 48.7 Å². The largest absolute Gasteiger partial charge is 0.497 e. The van der Waals surface area contributed by atoms with Crippen LogP contribution < -0.4 is 4.74 Å². The van der Waals surface area contributed by atoms with Gasteiger partial charge < -0.3 is 13.9 Å². The zero-order valence-corrected chi connectivity index (χ0v) is 8.44. The van der Waals surface area contributed by atoms with Gasteiger partial charge in [-0.15, -0.1) is 0 Å². The summed E-state index contributed by atoms with van der Waals surface area (Å²) in [5.41, 5.74) is 0. The molecule has 0 aliphatic heterocycles. The van der Waals surface area contributed by atoms with Gasteiger partial charge in [-0.05, 0) is 18.2 Å².